The molecule has 2 amide bonds. The van der Waals surface area contributed by atoms with Crippen LogP contribution in [0.15, 0.2) is 59.0 Å². The Hall–Kier alpha value is -3.42. The van der Waals surface area contributed by atoms with Gasteiger partial charge in [-0.15, -0.1) is 0 Å². The van der Waals surface area contributed by atoms with E-state index in [-0.39, 0.29) is 11.8 Å². The summed E-state index contributed by atoms with van der Waals surface area (Å²) < 4.78 is 0. The third-order valence-corrected chi connectivity index (χ3v) is 3.21. The lowest BCUT2D eigenvalue weighted by Gasteiger charge is -2.01. The third kappa shape index (κ3) is 7.91. The Morgan fingerprint density at radius 3 is 1.65 bits per heavy atom. The van der Waals surface area contributed by atoms with Crippen molar-refractivity contribution >= 4 is 24.2 Å². The van der Waals surface area contributed by atoms with Crippen molar-refractivity contribution in [2.45, 2.75) is 25.7 Å². The van der Waals surface area contributed by atoms with Crippen molar-refractivity contribution in [3.63, 3.8) is 0 Å². The largest absolute Gasteiger partial charge is 0.273 e. The van der Waals surface area contributed by atoms with Gasteiger partial charge in [0.25, 0.3) is 0 Å². The van der Waals surface area contributed by atoms with E-state index >= 15 is 0 Å². The van der Waals surface area contributed by atoms with E-state index in [1.807, 2.05) is 12.1 Å². The summed E-state index contributed by atoms with van der Waals surface area (Å²) in [6.45, 7) is 0. The first-order valence-corrected chi connectivity index (χ1v) is 8.20. The van der Waals surface area contributed by atoms with E-state index in [4.69, 9.17) is 0 Å². The number of nitrogens with one attached hydrogen (secondary N) is 2. The summed E-state index contributed by atoms with van der Waals surface area (Å²) in [4.78, 5) is 31.4. The molecule has 2 rings (SSSR count). The molecule has 8 nitrogen and oxygen atoms in total. The number of carbonyl (C=O) groups excluding carboxylic acids is 2. The van der Waals surface area contributed by atoms with Gasteiger partial charge in [-0.25, -0.2) is 10.9 Å². The van der Waals surface area contributed by atoms with E-state index in [1.54, 1.807) is 36.7 Å². The molecule has 0 spiro atoms. The molecule has 2 aromatic heterocycles. The van der Waals surface area contributed by atoms with Gasteiger partial charge in [0, 0.05) is 25.2 Å². The predicted octanol–water partition coefficient (Wildman–Crippen LogP) is 1.64. The van der Waals surface area contributed by atoms with Crippen molar-refractivity contribution < 1.29 is 9.59 Å². The zero-order valence-corrected chi connectivity index (χ0v) is 14.2. The maximum atomic E-state index is 11.6. The number of pyridine rings is 2. The summed E-state index contributed by atoms with van der Waals surface area (Å²) in [6, 6.07) is 10.8. The van der Waals surface area contributed by atoms with Crippen LogP contribution < -0.4 is 10.9 Å². The second kappa shape index (κ2) is 11.2. The van der Waals surface area contributed by atoms with E-state index in [9.17, 15) is 9.59 Å². The molecule has 8 heteroatoms. The van der Waals surface area contributed by atoms with Crippen LogP contribution in [0.1, 0.15) is 37.1 Å². The molecular weight excluding hydrogens is 332 g/mol. The second-order valence-electron chi connectivity index (χ2n) is 5.30. The lowest BCUT2D eigenvalue weighted by atomic mass is 10.2. The van der Waals surface area contributed by atoms with Gasteiger partial charge in [0.05, 0.1) is 23.8 Å². The molecule has 0 radical (unpaired) electrons. The molecule has 0 aromatic carbocycles. The molecule has 26 heavy (non-hydrogen) atoms. The minimum absolute atomic E-state index is 0.203. The molecule has 2 heterocycles. The van der Waals surface area contributed by atoms with Crippen LogP contribution in [0.2, 0.25) is 0 Å². The molecule has 0 aliphatic rings. The SMILES string of the molecule is O=C(CCCCC(=O)N/N=C/c1ccccn1)N/N=C/c1ccccn1. The van der Waals surface area contributed by atoms with E-state index in [0.29, 0.717) is 37.1 Å². The fraction of sp³-hybridized carbons (Fsp3) is 0.222. The molecule has 2 N–H and O–H groups in total. The van der Waals surface area contributed by atoms with Crippen molar-refractivity contribution in [2.75, 3.05) is 0 Å². The van der Waals surface area contributed by atoms with Crippen LogP contribution in [0.3, 0.4) is 0 Å². The smallest absolute Gasteiger partial charge is 0.240 e. The lowest BCUT2D eigenvalue weighted by molar-refractivity contribution is -0.123. The molecule has 134 valence electrons. The molecule has 0 fully saturated rings. The van der Waals surface area contributed by atoms with Crippen molar-refractivity contribution in [1.82, 2.24) is 20.8 Å². The second-order valence-corrected chi connectivity index (χ2v) is 5.30. The van der Waals surface area contributed by atoms with Crippen LogP contribution >= 0.6 is 0 Å². The molecule has 0 aliphatic heterocycles. The monoisotopic (exact) mass is 352 g/mol. The third-order valence-electron chi connectivity index (χ3n) is 3.21. The number of unbranched alkanes of at least 4 members (excludes halogenated alkanes) is 1. The average Bonchev–Trinajstić information content (AvgIpc) is 2.67. The Bertz CT molecular complexity index is 681. The quantitative estimate of drug-likeness (QED) is 0.406. The van der Waals surface area contributed by atoms with E-state index in [2.05, 4.69) is 31.0 Å². The highest BCUT2D eigenvalue weighted by molar-refractivity contribution is 5.81. The van der Waals surface area contributed by atoms with Crippen molar-refractivity contribution in [3.8, 4) is 0 Å². The Balaban J connectivity index is 1.55. The zero-order chi connectivity index (χ0) is 18.5. The summed E-state index contributed by atoms with van der Waals surface area (Å²) in [5.41, 5.74) is 6.19. The maximum absolute atomic E-state index is 11.6. The topological polar surface area (TPSA) is 109 Å². The van der Waals surface area contributed by atoms with Gasteiger partial charge >= 0.3 is 0 Å². The fourth-order valence-electron chi connectivity index (χ4n) is 1.93. The molecular formula is C18H20N6O2. The molecule has 0 unspecified atom stereocenters. The number of hydrogen-bond donors (Lipinski definition) is 2. The first-order valence-electron chi connectivity index (χ1n) is 8.20. The molecule has 2 aromatic rings. The van der Waals surface area contributed by atoms with Crippen LogP contribution in [-0.2, 0) is 9.59 Å². The normalized spacial score (nSPS) is 10.9. The number of nitrogens with zero attached hydrogens (tertiary/aromatic N) is 4. The Morgan fingerprint density at radius 2 is 1.27 bits per heavy atom. The predicted molar refractivity (Wildman–Crippen MR) is 98.4 cm³/mol. The van der Waals surface area contributed by atoms with Gasteiger partial charge in [-0.1, -0.05) is 12.1 Å². The molecule has 0 saturated carbocycles. The van der Waals surface area contributed by atoms with E-state index < -0.39 is 0 Å². The van der Waals surface area contributed by atoms with Gasteiger partial charge in [0.1, 0.15) is 0 Å². The van der Waals surface area contributed by atoms with Gasteiger partial charge < -0.3 is 0 Å². The summed E-state index contributed by atoms with van der Waals surface area (Å²) in [5.74, 6) is -0.406. The molecule has 0 atom stereocenters. The number of aromatic nitrogens is 2. The van der Waals surface area contributed by atoms with Gasteiger partial charge in [-0.3, -0.25) is 19.6 Å². The van der Waals surface area contributed by atoms with E-state index in [0.717, 1.165) is 0 Å². The highest BCUT2D eigenvalue weighted by Gasteiger charge is 2.03. The zero-order valence-electron chi connectivity index (χ0n) is 14.2. The summed E-state index contributed by atoms with van der Waals surface area (Å²) >= 11 is 0. The van der Waals surface area contributed by atoms with E-state index in [1.165, 1.54) is 12.4 Å². The van der Waals surface area contributed by atoms with Gasteiger partial charge in [0.2, 0.25) is 11.8 Å². The van der Waals surface area contributed by atoms with Gasteiger partial charge in [-0.05, 0) is 37.1 Å². The highest BCUT2D eigenvalue weighted by atomic mass is 16.2. The summed E-state index contributed by atoms with van der Waals surface area (Å²) in [5, 5.41) is 7.67. The van der Waals surface area contributed by atoms with Gasteiger partial charge in [-0.2, -0.15) is 10.2 Å². The lowest BCUT2D eigenvalue weighted by Crippen LogP contribution is -2.19. The number of carbonyl (C=O) groups is 2. The minimum Gasteiger partial charge on any atom is -0.273 e. The molecule has 0 saturated heterocycles. The first-order chi connectivity index (χ1) is 12.7. The van der Waals surface area contributed by atoms with Crippen LogP contribution in [-0.4, -0.2) is 34.2 Å². The maximum Gasteiger partial charge on any atom is 0.240 e. The number of hydrazone groups is 2. The first kappa shape index (κ1) is 18.9. The minimum atomic E-state index is -0.203. The number of hydrogen-bond acceptors (Lipinski definition) is 6. The molecule has 0 bridgehead atoms. The summed E-state index contributed by atoms with van der Waals surface area (Å²) in [6.07, 6.45) is 8.01. The Morgan fingerprint density at radius 1 is 0.808 bits per heavy atom. The fourth-order valence-corrected chi connectivity index (χ4v) is 1.93. The average molecular weight is 352 g/mol. The number of rotatable bonds is 9. The van der Waals surface area contributed by atoms with Crippen LogP contribution in [0, 0.1) is 0 Å². The standard InChI is InChI=1S/C18H20N6O2/c25-17(23-21-13-15-7-3-5-11-19-15)9-1-2-10-18(26)24-22-14-16-8-4-6-12-20-16/h3-8,11-14H,1-2,9-10H2,(H,23,25)(H,24,26)/b21-13+,22-14+. The van der Waals surface area contributed by atoms with Crippen LogP contribution in [0.25, 0.3) is 0 Å². The number of amides is 2. The summed E-state index contributed by atoms with van der Waals surface area (Å²) in [7, 11) is 0. The Kier molecular flexibility index (Phi) is 8.14. The highest BCUT2D eigenvalue weighted by Crippen LogP contribution is 2.00. The van der Waals surface area contributed by atoms with Crippen molar-refractivity contribution in [3.05, 3.63) is 60.2 Å². The van der Waals surface area contributed by atoms with Gasteiger partial charge in [0.15, 0.2) is 0 Å². The molecule has 0 aliphatic carbocycles. The van der Waals surface area contributed by atoms with Crippen LogP contribution in [0.4, 0.5) is 0 Å². The van der Waals surface area contributed by atoms with Crippen molar-refractivity contribution in [1.29, 1.82) is 0 Å². The van der Waals surface area contributed by atoms with Crippen LogP contribution in [0.5, 0.6) is 0 Å². The van der Waals surface area contributed by atoms with Crippen molar-refractivity contribution in [2.24, 2.45) is 10.2 Å². The Labute approximate surface area is 151 Å².